The number of halogens is 1. The monoisotopic (exact) mass is 357 g/mol. The third-order valence-corrected chi connectivity index (χ3v) is 4.27. The lowest BCUT2D eigenvalue weighted by Gasteiger charge is -2.27. The molecule has 3 rings (SSSR count). The second kappa shape index (κ2) is 8.23. The maximum absolute atomic E-state index is 13.6. The molecular formula is C21H24FNO3. The molecule has 0 bridgehead atoms. The van der Waals surface area contributed by atoms with Gasteiger partial charge < -0.3 is 19.5 Å². The number of fused-ring (bicyclic) bond motifs is 1. The summed E-state index contributed by atoms with van der Waals surface area (Å²) >= 11 is 0. The van der Waals surface area contributed by atoms with Gasteiger partial charge in [0.15, 0.2) is 11.5 Å². The number of rotatable bonds is 7. The van der Waals surface area contributed by atoms with Gasteiger partial charge in [0.25, 0.3) is 0 Å². The second-order valence-electron chi connectivity index (χ2n) is 6.48. The molecule has 0 amide bonds. The Morgan fingerprint density at radius 3 is 2.88 bits per heavy atom. The van der Waals surface area contributed by atoms with Gasteiger partial charge in [-0.1, -0.05) is 12.6 Å². The molecular weight excluding hydrogens is 333 g/mol. The molecule has 0 spiro atoms. The van der Waals surface area contributed by atoms with E-state index in [0.29, 0.717) is 31.3 Å². The van der Waals surface area contributed by atoms with Crippen LogP contribution in [0.15, 0.2) is 48.6 Å². The summed E-state index contributed by atoms with van der Waals surface area (Å²) in [5.74, 6) is 1.87. The quantitative estimate of drug-likeness (QED) is 0.746. The van der Waals surface area contributed by atoms with E-state index in [1.165, 1.54) is 6.07 Å². The average molecular weight is 357 g/mol. The first-order valence-corrected chi connectivity index (χ1v) is 8.66. The van der Waals surface area contributed by atoms with Crippen molar-refractivity contribution in [1.29, 1.82) is 0 Å². The Balaban J connectivity index is 1.71. The van der Waals surface area contributed by atoms with Gasteiger partial charge in [-0.05, 0) is 48.4 Å². The van der Waals surface area contributed by atoms with Crippen LogP contribution in [0.1, 0.15) is 30.5 Å². The number of nitrogens with one attached hydrogen (secondary N) is 1. The summed E-state index contributed by atoms with van der Waals surface area (Å²) in [6, 6.07) is 10.6. The number of methoxy groups -OCH3 is 1. The molecule has 4 nitrogen and oxygen atoms in total. The minimum absolute atomic E-state index is 0.0522. The molecule has 1 N–H and O–H groups in total. The summed E-state index contributed by atoms with van der Waals surface area (Å²) in [6.45, 7) is 7.46. The van der Waals surface area contributed by atoms with Crippen LogP contribution in [0.3, 0.4) is 0 Å². The molecule has 1 unspecified atom stereocenters. The third-order valence-electron chi connectivity index (χ3n) is 4.27. The van der Waals surface area contributed by atoms with Crippen LogP contribution in [0.2, 0.25) is 0 Å². The maximum atomic E-state index is 13.6. The van der Waals surface area contributed by atoms with Gasteiger partial charge in [0.05, 0.1) is 13.7 Å². The first-order valence-electron chi connectivity index (χ1n) is 8.66. The molecule has 1 heterocycles. The highest BCUT2D eigenvalue weighted by Gasteiger charge is 2.21. The summed E-state index contributed by atoms with van der Waals surface area (Å²) < 4.78 is 30.3. The van der Waals surface area contributed by atoms with Crippen molar-refractivity contribution in [2.75, 3.05) is 20.3 Å². The SMILES string of the molecule is C=C(C)COc1cc(CNC2CCOc3ccc(F)cc32)ccc1OC. The molecule has 2 aromatic carbocycles. The van der Waals surface area contributed by atoms with E-state index in [1.54, 1.807) is 19.2 Å². The van der Waals surface area contributed by atoms with Crippen molar-refractivity contribution in [2.45, 2.75) is 25.9 Å². The van der Waals surface area contributed by atoms with E-state index in [2.05, 4.69) is 11.9 Å². The molecule has 1 aliphatic rings. The smallest absolute Gasteiger partial charge is 0.161 e. The van der Waals surface area contributed by atoms with Crippen molar-refractivity contribution in [1.82, 2.24) is 5.32 Å². The molecule has 1 aliphatic heterocycles. The van der Waals surface area contributed by atoms with Gasteiger partial charge in [0, 0.05) is 24.6 Å². The molecule has 0 fully saturated rings. The lowest BCUT2D eigenvalue weighted by Crippen LogP contribution is -2.27. The van der Waals surface area contributed by atoms with Crippen LogP contribution in [-0.4, -0.2) is 20.3 Å². The Hall–Kier alpha value is -2.53. The van der Waals surface area contributed by atoms with Crippen LogP contribution in [-0.2, 0) is 6.54 Å². The molecule has 26 heavy (non-hydrogen) atoms. The molecule has 2 aromatic rings. The summed E-state index contributed by atoms with van der Waals surface area (Å²) in [6.07, 6.45) is 0.797. The lowest BCUT2D eigenvalue weighted by molar-refractivity contribution is 0.251. The first-order chi connectivity index (χ1) is 12.6. The summed E-state index contributed by atoms with van der Waals surface area (Å²) in [5, 5.41) is 3.49. The van der Waals surface area contributed by atoms with Crippen LogP contribution in [0.4, 0.5) is 4.39 Å². The van der Waals surface area contributed by atoms with Crippen molar-refractivity contribution in [3.63, 3.8) is 0 Å². The van der Waals surface area contributed by atoms with E-state index in [4.69, 9.17) is 14.2 Å². The molecule has 0 aliphatic carbocycles. The fraction of sp³-hybridized carbons (Fsp3) is 0.333. The highest BCUT2D eigenvalue weighted by molar-refractivity contribution is 5.43. The normalized spacial score (nSPS) is 15.7. The highest BCUT2D eigenvalue weighted by atomic mass is 19.1. The van der Waals surface area contributed by atoms with Crippen molar-refractivity contribution in [2.24, 2.45) is 0 Å². The molecule has 0 saturated carbocycles. The third kappa shape index (κ3) is 4.35. The van der Waals surface area contributed by atoms with Crippen molar-refractivity contribution >= 4 is 0 Å². The minimum Gasteiger partial charge on any atom is -0.493 e. The summed E-state index contributed by atoms with van der Waals surface area (Å²) in [4.78, 5) is 0. The predicted molar refractivity (Wildman–Crippen MR) is 99.4 cm³/mol. The van der Waals surface area contributed by atoms with E-state index in [-0.39, 0.29) is 11.9 Å². The molecule has 0 saturated heterocycles. The standard InChI is InChI=1S/C21H24FNO3/c1-14(2)13-26-21-10-15(4-6-20(21)24-3)12-23-18-8-9-25-19-7-5-16(22)11-17(18)19/h4-7,10-11,18,23H,1,8-9,12-13H2,2-3H3. The average Bonchev–Trinajstić information content (AvgIpc) is 2.64. The lowest BCUT2D eigenvalue weighted by atomic mass is 10.00. The van der Waals surface area contributed by atoms with E-state index in [1.807, 2.05) is 25.1 Å². The zero-order valence-electron chi connectivity index (χ0n) is 15.2. The zero-order chi connectivity index (χ0) is 18.5. The summed E-state index contributed by atoms with van der Waals surface area (Å²) in [5.41, 5.74) is 2.87. The Morgan fingerprint density at radius 2 is 2.12 bits per heavy atom. The Bertz CT molecular complexity index is 791. The highest BCUT2D eigenvalue weighted by Crippen LogP contribution is 2.33. The van der Waals surface area contributed by atoms with E-state index >= 15 is 0 Å². The fourth-order valence-electron chi connectivity index (χ4n) is 2.96. The largest absolute Gasteiger partial charge is 0.493 e. The van der Waals surface area contributed by atoms with Gasteiger partial charge >= 0.3 is 0 Å². The van der Waals surface area contributed by atoms with Crippen molar-refractivity contribution < 1.29 is 18.6 Å². The minimum atomic E-state index is -0.249. The Labute approximate surface area is 153 Å². The molecule has 0 radical (unpaired) electrons. The van der Waals surface area contributed by atoms with Crippen molar-refractivity contribution in [3.8, 4) is 17.2 Å². The first kappa shape index (κ1) is 18.3. The van der Waals surface area contributed by atoms with Gasteiger partial charge in [-0.3, -0.25) is 0 Å². The predicted octanol–water partition coefficient (Wildman–Crippen LogP) is 4.40. The molecule has 0 aromatic heterocycles. The van der Waals surface area contributed by atoms with Crippen LogP contribution in [0, 0.1) is 5.82 Å². The van der Waals surface area contributed by atoms with Crippen LogP contribution >= 0.6 is 0 Å². The van der Waals surface area contributed by atoms with E-state index < -0.39 is 0 Å². The second-order valence-corrected chi connectivity index (χ2v) is 6.48. The van der Waals surface area contributed by atoms with Gasteiger partial charge in [0.2, 0.25) is 0 Å². The maximum Gasteiger partial charge on any atom is 0.161 e. The fourth-order valence-corrected chi connectivity index (χ4v) is 2.96. The van der Waals surface area contributed by atoms with Crippen molar-refractivity contribution in [3.05, 3.63) is 65.5 Å². The molecule has 5 heteroatoms. The number of hydrogen-bond acceptors (Lipinski definition) is 4. The van der Waals surface area contributed by atoms with Crippen LogP contribution < -0.4 is 19.5 Å². The molecule has 1 atom stereocenters. The van der Waals surface area contributed by atoms with Crippen LogP contribution in [0.5, 0.6) is 17.2 Å². The number of ether oxygens (including phenoxy) is 3. The number of hydrogen-bond donors (Lipinski definition) is 1. The topological polar surface area (TPSA) is 39.7 Å². The van der Waals surface area contributed by atoms with E-state index in [9.17, 15) is 4.39 Å². The van der Waals surface area contributed by atoms with Gasteiger partial charge in [-0.25, -0.2) is 4.39 Å². The van der Waals surface area contributed by atoms with E-state index in [0.717, 1.165) is 28.9 Å². The summed E-state index contributed by atoms with van der Waals surface area (Å²) in [7, 11) is 1.62. The Kier molecular flexibility index (Phi) is 5.78. The van der Waals surface area contributed by atoms with Gasteiger partial charge in [-0.2, -0.15) is 0 Å². The molecule has 138 valence electrons. The zero-order valence-corrected chi connectivity index (χ0v) is 15.2. The van der Waals surface area contributed by atoms with Crippen LogP contribution in [0.25, 0.3) is 0 Å². The van der Waals surface area contributed by atoms with Gasteiger partial charge in [0.1, 0.15) is 18.2 Å². The van der Waals surface area contributed by atoms with Gasteiger partial charge in [-0.15, -0.1) is 0 Å². The Morgan fingerprint density at radius 1 is 1.27 bits per heavy atom. The number of benzene rings is 2.